The largest absolute Gasteiger partial charge is 0.377 e. The first kappa shape index (κ1) is 14.7. The van der Waals surface area contributed by atoms with E-state index >= 15 is 0 Å². The van der Waals surface area contributed by atoms with Gasteiger partial charge in [-0.25, -0.2) is 0 Å². The lowest BCUT2D eigenvalue weighted by molar-refractivity contribution is -0.125. The second-order valence-electron chi connectivity index (χ2n) is 4.70. The Kier molecular flexibility index (Phi) is 6.17. The van der Waals surface area contributed by atoms with Gasteiger partial charge in [0.25, 0.3) is 0 Å². The number of nitrogens with two attached hydrogens (primary N) is 1. The van der Waals surface area contributed by atoms with Crippen molar-refractivity contribution in [2.24, 2.45) is 17.6 Å². The van der Waals surface area contributed by atoms with Crippen LogP contribution in [-0.2, 0) is 9.53 Å². The summed E-state index contributed by atoms with van der Waals surface area (Å²) in [5.41, 5.74) is 6.28. The van der Waals surface area contributed by atoms with Gasteiger partial charge in [0.05, 0.1) is 11.4 Å². The summed E-state index contributed by atoms with van der Waals surface area (Å²) in [7, 11) is 1.50. The summed E-state index contributed by atoms with van der Waals surface area (Å²) in [6.07, 6.45) is 6.60. The summed E-state index contributed by atoms with van der Waals surface area (Å²) in [6, 6.07) is 0. The van der Waals surface area contributed by atoms with E-state index in [4.69, 9.17) is 22.1 Å². The molecule has 0 amide bonds. The van der Waals surface area contributed by atoms with Crippen LogP contribution in [0.5, 0.6) is 0 Å². The van der Waals surface area contributed by atoms with E-state index in [0.717, 1.165) is 18.8 Å². The van der Waals surface area contributed by atoms with Crippen LogP contribution in [0.25, 0.3) is 0 Å². The average Bonchev–Trinajstić information content (AvgIpc) is 3.07. The van der Waals surface area contributed by atoms with Crippen molar-refractivity contribution in [3.05, 3.63) is 11.6 Å². The first-order valence-corrected chi connectivity index (χ1v) is 6.63. The average molecular weight is 260 g/mol. The van der Waals surface area contributed by atoms with E-state index in [9.17, 15) is 4.79 Å². The van der Waals surface area contributed by atoms with Gasteiger partial charge < -0.3 is 10.5 Å². The van der Waals surface area contributed by atoms with E-state index in [0.29, 0.717) is 0 Å². The highest BCUT2D eigenvalue weighted by Crippen LogP contribution is 2.36. The van der Waals surface area contributed by atoms with Crippen molar-refractivity contribution in [3.8, 4) is 0 Å². The number of ether oxygens (including phenoxy) is 1. The summed E-state index contributed by atoms with van der Waals surface area (Å²) in [5, 5.41) is 0. The molecule has 0 aromatic heterocycles. The monoisotopic (exact) mass is 259 g/mol. The van der Waals surface area contributed by atoms with Gasteiger partial charge in [-0.2, -0.15) is 0 Å². The predicted molar refractivity (Wildman–Crippen MR) is 69.9 cm³/mol. The van der Waals surface area contributed by atoms with E-state index in [-0.39, 0.29) is 12.4 Å². The number of carbonyl (C=O) groups excluding carboxylic acids is 1. The molecule has 0 aromatic rings. The van der Waals surface area contributed by atoms with Crippen molar-refractivity contribution >= 4 is 17.4 Å². The summed E-state index contributed by atoms with van der Waals surface area (Å²) in [5.74, 6) is 0.341. The van der Waals surface area contributed by atoms with Gasteiger partial charge in [0, 0.05) is 7.11 Å². The van der Waals surface area contributed by atoms with Crippen molar-refractivity contribution in [3.63, 3.8) is 0 Å². The summed E-state index contributed by atoms with van der Waals surface area (Å²) >= 11 is 5.88. The molecule has 3 nitrogen and oxygen atoms in total. The first-order chi connectivity index (χ1) is 8.08. The Morgan fingerprint density at radius 3 is 2.65 bits per heavy atom. The van der Waals surface area contributed by atoms with E-state index in [1.807, 2.05) is 6.08 Å². The number of Topliss-reactive ketones (excluding diaryl/α,β-unsaturated/α-hetero) is 1. The van der Waals surface area contributed by atoms with E-state index in [1.54, 1.807) is 0 Å². The van der Waals surface area contributed by atoms with Gasteiger partial charge in [-0.05, 0) is 31.6 Å². The van der Waals surface area contributed by atoms with Crippen LogP contribution in [0, 0.1) is 11.8 Å². The quantitative estimate of drug-likeness (QED) is 0.414. The van der Waals surface area contributed by atoms with Gasteiger partial charge in [0.15, 0.2) is 5.78 Å². The number of rotatable bonds is 8. The van der Waals surface area contributed by atoms with Gasteiger partial charge >= 0.3 is 0 Å². The minimum Gasteiger partial charge on any atom is -0.377 e. The zero-order chi connectivity index (χ0) is 12.8. The lowest BCUT2D eigenvalue weighted by atomic mass is 9.96. The highest BCUT2D eigenvalue weighted by molar-refractivity contribution is 6.22. The highest BCUT2D eigenvalue weighted by Gasteiger charge is 2.25. The zero-order valence-corrected chi connectivity index (χ0v) is 11.4. The minimum absolute atomic E-state index is 0.0447. The van der Waals surface area contributed by atoms with Crippen molar-refractivity contribution in [1.82, 2.24) is 0 Å². The molecule has 1 unspecified atom stereocenters. The molecule has 2 atom stereocenters. The number of alkyl halides is 1. The van der Waals surface area contributed by atoms with E-state index < -0.39 is 11.4 Å². The van der Waals surface area contributed by atoms with Crippen molar-refractivity contribution < 1.29 is 9.53 Å². The van der Waals surface area contributed by atoms with E-state index in [2.05, 4.69) is 6.92 Å². The molecule has 0 heterocycles. The number of methoxy groups -OCH3 is 1. The van der Waals surface area contributed by atoms with Crippen LogP contribution >= 0.6 is 11.6 Å². The van der Waals surface area contributed by atoms with Crippen LogP contribution in [0.15, 0.2) is 11.6 Å². The molecule has 4 heteroatoms. The molecule has 1 rings (SSSR count). The molecule has 1 fully saturated rings. The fourth-order valence-electron chi connectivity index (χ4n) is 1.88. The van der Waals surface area contributed by atoms with Gasteiger partial charge in [0.1, 0.15) is 6.61 Å². The molecule has 0 spiro atoms. The third-order valence-corrected chi connectivity index (χ3v) is 3.39. The Hall–Kier alpha value is -0.380. The molecule has 1 aliphatic rings. The molecule has 2 N–H and O–H groups in total. The Morgan fingerprint density at radius 2 is 2.24 bits per heavy atom. The van der Waals surface area contributed by atoms with Crippen molar-refractivity contribution in [2.45, 2.75) is 38.1 Å². The fraction of sp³-hybridized carbons (Fsp3) is 0.769. The fourth-order valence-corrected chi connectivity index (χ4v) is 2.09. The highest BCUT2D eigenvalue weighted by atomic mass is 35.5. The van der Waals surface area contributed by atoms with Gasteiger partial charge in [-0.15, -0.1) is 11.6 Å². The molecule has 0 aromatic carbocycles. The van der Waals surface area contributed by atoms with Crippen LogP contribution in [-0.4, -0.2) is 25.0 Å². The number of hydrogen-bond acceptors (Lipinski definition) is 3. The predicted octanol–water partition coefficient (Wildman–Crippen LogP) is 2.48. The number of carbonyl (C=O) groups is 1. The SMILES string of the molecule is CC/C(=C\C(C(=O)COC)[C@H](N)Cl)CC1CC1. The summed E-state index contributed by atoms with van der Waals surface area (Å²) < 4.78 is 4.85. The third kappa shape index (κ3) is 5.19. The molecular weight excluding hydrogens is 238 g/mol. The lowest BCUT2D eigenvalue weighted by Crippen LogP contribution is -2.32. The van der Waals surface area contributed by atoms with Gasteiger partial charge in [-0.3, -0.25) is 4.79 Å². The molecule has 0 bridgehead atoms. The smallest absolute Gasteiger partial charge is 0.168 e. The number of halogens is 1. The number of allylic oxidation sites excluding steroid dienone is 1. The summed E-state index contributed by atoms with van der Waals surface area (Å²) in [6.45, 7) is 2.17. The molecular formula is C13H22ClNO2. The second kappa shape index (κ2) is 7.14. The Morgan fingerprint density at radius 1 is 1.59 bits per heavy atom. The van der Waals surface area contributed by atoms with Crippen LogP contribution < -0.4 is 5.73 Å². The topological polar surface area (TPSA) is 52.3 Å². The maximum atomic E-state index is 11.8. The Bertz CT molecular complexity index is 285. The Labute approximate surface area is 108 Å². The van der Waals surface area contributed by atoms with E-state index in [1.165, 1.54) is 25.5 Å². The molecule has 17 heavy (non-hydrogen) atoms. The first-order valence-electron chi connectivity index (χ1n) is 6.19. The van der Waals surface area contributed by atoms with Crippen LogP contribution in [0.1, 0.15) is 32.6 Å². The Balaban J connectivity index is 2.66. The summed E-state index contributed by atoms with van der Waals surface area (Å²) in [4.78, 5) is 11.8. The molecule has 1 saturated carbocycles. The van der Waals surface area contributed by atoms with Gasteiger partial charge in [0.2, 0.25) is 0 Å². The number of hydrogen-bond donors (Lipinski definition) is 1. The molecule has 0 saturated heterocycles. The van der Waals surface area contributed by atoms with Crippen LogP contribution in [0.4, 0.5) is 0 Å². The second-order valence-corrected chi connectivity index (χ2v) is 5.20. The lowest BCUT2D eigenvalue weighted by Gasteiger charge is -2.16. The van der Waals surface area contributed by atoms with Crippen molar-refractivity contribution in [2.75, 3.05) is 13.7 Å². The molecule has 0 aliphatic heterocycles. The van der Waals surface area contributed by atoms with Crippen molar-refractivity contribution in [1.29, 1.82) is 0 Å². The molecule has 0 radical (unpaired) electrons. The van der Waals surface area contributed by atoms with Crippen LogP contribution in [0.3, 0.4) is 0 Å². The molecule has 98 valence electrons. The zero-order valence-electron chi connectivity index (χ0n) is 10.6. The molecule has 1 aliphatic carbocycles. The van der Waals surface area contributed by atoms with Crippen LogP contribution in [0.2, 0.25) is 0 Å². The third-order valence-electron chi connectivity index (χ3n) is 3.12. The maximum absolute atomic E-state index is 11.8. The maximum Gasteiger partial charge on any atom is 0.168 e. The minimum atomic E-state index is -0.668. The standard InChI is InChI=1S/C13H22ClNO2/c1-3-9(6-10-4-5-10)7-11(13(14)15)12(16)8-17-2/h7,10-11,13H,3-6,8,15H2,1-2H3/b9-7+/t11?,13-/m0/s1. The van der Waals surface area contributed by atoms with Gasteiger partial charge in [-0.1, -0.05) is 18.6 Å². The normalized spacial score (nSPS) is 20.1. The number of ketones is 1.